The summed E-state index contributed by atoms with van der Waals surface area (Å²) in [5.74, 6) is 4.07. The van der Waals surface area contributed by atoms with Crippen LogP contribution in [0.25, 0.3) is 0 Å². The molecule has 11 heavy (non-hydrogen) atoms. The fourth-order valence-corrected chi connectivity index (χ4v) is 3.41. The summed E-state index contributed by atoms with van der Waals surface area (Å²) in [4.78, 5) is 0. The Morgan fingerprint density at radius 1 is 1.09 bits per heavy atom. The lowest BCUT2D eigenvalue weighted by atomic mass is 9.44. The SMILES string of the molecule is CC1C[C@@H]2CC(C1C)C2(C)C. The molecule has 0 aromatic rings. The van der Waals surface area contributed by atoms with Crippen LogP contribution in [0.5, 0.6) is 0 Å². The highest BCUT2D eigenvalue weighted by molar-refractivity contribution is 5.03. The van der Waals surface area contributed by atoms with E-state index in [1.165, 1.54) is 12.8 Å². The van der Waals surface area contributed by atoms with Gasteiger partial charge in [-0.15, -0.1) is 0 Å². The van der Waals surface area contributed by atoms with Crippen molar-refractivity contribution < 1.29 is 0 Å². The molecule has 0 nitrogen and oxygen atoms in total. The Morgan fingerprint density at radius 2 is 1.73 bits per heavy atom. The van der Waals surface area contributed by atoms with Crippen molar-refractivity contribution in [1.29, 1.82) is 0 Å². The van der Waals surface area contributed by atoms with Crippen molar-refractivity contribution in [3.05, 3.63) is 0 Å². The van der Waals surface area contributed by atoms with Crippen molar-refractivity contribution >= 4 is 0 Å². The molecule has 4 atom stereocenters. The third kappa shape index (κ3) is 0.816. The average Bonchev–Trinajstić information content (AvgIpc) is 1.93. The summed E-state index contributed by atoms with van der Waals surface area (Å²) in [7, 11) is 0. The molecule has 0 heteroatoms. The van der Waals surface area contributed by atoms with E-state index in [1.54, 1.807) is 0 Å². The van der Waals surface area contributed by atoms with Gasteiger partial charge < -0.3 is 0 Å². The van der Waals surface area contributed by atoms with Crippen molar-refractivity contribution in [3.8, 4) is 0 Å². The second-order valence-electron chi connectivity index (χ2n) is 5.43. The highest BCUT2D eigenvalue weighted by Crippen LogP contribution is 2.62. The largest absolute Gasteiger partial charge is 0.0622 e. The molecule has 3 fully saturated rings. The van der Waals surface area contributed by atoms with Crippen molar-refractivity contribution in [3.63, 3.8) is 0 Å². The molecule has 0 aliphatic heterocycles. The topological polar surface area (TPSA) is 0 Å². The van der Waals surface area contributed by atoms with Crippen molar-refractivity contribution in [1.82, 2.24) is 0 Å². The number of hydrogen-bond acceptors (Lipinski definition) is 0. The van der Waals surface area contributed by atoms with Gasteiger partial charge in [-0.1, -0.05) is 27.7 Å². The molecule has 3 aliphatic rings. The van der Waals surface area contributed by atoms with Crippen LogP contribution >= 0.6 is 0 Å². The molecule has 0 spiro atoms. The van der Waals surface area contributed by atoms with E-state index in [9.17, 15) is 0 Å². The first-order chi connectivity index (χ1) is 5.03. The average molecular weight is 152 g/mol. The first-order valence-electron chi connectivity index (χ1n) is 5.03. The summed E-state index contributed by atoms with van der Waals surface area (Å²) in [5, 5.41) is 0. The molecule has 3 aliphatic carbocycles. The van der Waals surface area contributed by atoms with Gasteiger partial charge in [-0.05, 0) is 41.9 Å². The lowest BCUT2D eigenvalue weighted by Crippen LogP contribution is -2.54. The van der Waals surface area contributed by atoms with E-state index in [4.69, 9.17) is 0 Å². The summed E-state index contributed by atoms with van der Waals surface area (Å²) in [6.07, 6.45) is 3.02. The summed E-state index contributed by atoms with van der Waals surface area (Å²) in [5.41, 5.74) is 0.686. The zero-order chi connectivity index (χ0) is 8.22. The Kier molecular flexibility index (Phi) is 1.41. The van der Waals surface area contributed by atoms with Crippen LogP contribution in [0.1, 0.15) is 40.5 Å². The van der Waals surface area contributed by atoms with Crippen LogP contribution < -0.4 is 0 Å². The summed E-state index contributed by atoms with van der Waals surface area (Å²) < 4.78 is 0. The first kappa shape index (κ1) is 7.64. The zero-order valence-electron chi connectivity index (χ0n) is 8.22. The second-order valence-corrected chi connectivity index (χ2v) is 5.43. The smallest absolute Gasteiger partial charge is 0.0295 e. The molecule has 3 rings (SSSR count). The summed E-state index contributed by atoms with van der Waals surface area (Å²) in [6.45, 7) is 9.81. The van der Waals surface area contributed by atoms with Crippen molar-refractivity contribution in [2.75, 3.05) is 0 Å². The quantitative estimate of drug-likeness (QED) is 0.499. The van der Waals surface area contributed by atoms with Crippen LogP contribution in [0.2, 0.25) is 0 Å². The Hall–Kier alpha value is 0. The molecule has 3 saturated carbocycles. The van der Waals surface area contributed by atoms with Gasteiger partial charge in [0.1, 0.15) is 0 Å². The number of fused-ring (bicyclic) bond motifs is 2. The van der Waals surface area contributed by atoms with Crippen molar-refractivity contribution in [2.45, 2.75) is 40.5 Å². The van der Waals surface area contributed by atoms with Crippen molar-refractivity contribution in [2.24, 2.45) is 29.1 Å². The molecule has 3 unspecified atom stereocenters. The van der Waals surface area contributed by atoms with Crippen LogP contribution in [0.15, 0.2) is 0 Å². The molecule has 0 N–H and O–H groups in total. The molecular weight excluding hydrogens is 132 g/mol. The predicted octanol–water partition coefficient (Wildman–Crippen LogP) is 3.32. The minimum absolute atomic E-state index is 0.686. The number of hydrogen-bond donors (Lipinski definition) is 0. The third-order valence-electron chi connectivity index (χ3n) is 4.73. The van der Waals surface area contributed by atoms with Gasteiger partial charge in [-0.3, -0.25) is 0 Å². The second kappa shape index (κ2) is 2.02. The first-order valence-corrected chi connectivity index (χ1v) is 5.03. The Labute approximate surface area is 70.4 Å². The zero-order valence-corrected chi connectivity index (χ0v) is 8.22. The van der Waals surface area contributed by atoms with Gasteiger partial charge in [-0.25, -0.2) is 0 Å². The Morgan fingerprint density at radius 3 is 2.09 bits per heavy atom. The van der Waals surface area contributed by atoms with Gasteiger partial charge in [0.25, 0.3) is 0 Å². The molecule has 64 valence electrons. The Balaban J connectivity index is 2.17. The van der Waals surface area contributed by atoms with Gasteiger partial charge in [0.2, 0.25) is 0 Å². The maximum Gasteiger partial charge on any atom is -0.0295 e. The van der Waals surface area contributed by atoms with Gasteiger partial charge >= 0.3 is 0 Å². The fourth-order valence-electron chi connectivity index (χ4n) is 3.41. The highest BCUT2D eigenvalue weighted by Gasteiger charge is 2.54. The maximum absolute atomic E-state index is 2.47. The summed E-state index contributed by atoms with van der Waals surface area (Å²) in [6, 6.07) is 0. The van der Waals surface area contributed by atoms with E-state index >= 15 is 0 Å². The lowest BCUT2D eigenvalue weighted by molar-refractivity contribution is -0.124. The van der Waals surface area contributed by atoms with Gasteiger partial charge in [0.05, 0.1) is 0 Å². The van der Waals surface area contributed by atoms with Crippen LogP contribution in [0, 0.1) is 29.1 Å². The Bertz CT molecular complexity index is 169. The van der Waals surface area contributed by atoms with Crippen LogP contribution in [0.3, 0.4) is 0 Å². The van der Waals surface area contributed by atoms with E-state index in [0.717, 1.165) is 23.7 Å². The fraction of sp³-hybridized carbons (Fsp3) is 1.00. The third-order valence-corrected chi connectivity index (χ3v) is 4.73. The monoisotopic (exact) mass is 152 g/mol. The normalized spacial score (nSPS) is 53.5. The van der Waals surface area contributed by atoms with E-state index in [2.05, 4.69) is 27.7 Å². The minimum atomic E-state index is 0.686. The van der Waals surface area contributed by atoms with E-state index in [0.29, 0.717) is 5.41 Å². The van der Waals surface area contributed by atoms with Crippen LogP contribution in [0.4, 0.5) is 0 Å². The molecule has 0 radical (unpaired) electrons. The van der Waals surface area contributed by atoms with Crippen LogP contribution in [-0.4, -0.2) is 0 Å². The molecule has 0 amide bonds. The van der Waals surface area contributed by atoms with E-state index in [1.807, 2.05) is 0 Å². The van der Waals surface area contributed by atoms with E-state index in [-0.39, 0.29) is 0 Å². The van der Waals surface area contributed by atoms with Gasteiger partial charge in [0.15, 0.2) is 0 Å². The van der Waals surface area contributed by atoms with E-state index < -0.39 is 0 Å². The number of rotatable bonds is 0. The minimum Gasteiger partial charge on any atom is -0.0622 e. The predicted molar refractivity (Wildman–Crippen MR) is 48.3 cm³/mol. The highest BCUT2D eigenvalue weighted by atomic mass is 14.6. The lowest BCUT2D eigenvalue weighted by Gasteiger charge is -2.61. The standard InChI is InChI=1S/C11H20/c1-7-5-9-6-10(8(7)2)11(9,3)4/h7-10H,5-6H2,1-4H3/t7?,8?,9-,10?/m1/s1. The maximum atomic E-state index is 2.47. The molecule has 0 aromatic carbocycles. The molecular formula is C11H20. The van der Waals surface area contributed by atoms with Crippen LogP contribution in [-0.2, 0) is 0 Å². The molecule has 2 bridgehead atoms. The molecule has 0 saturated heterocycles. The molecule has 0 heterocycles. The van der Waals surface area contributed by atoms with Gasteiger partial charge in [-0.2, -0.15) is 0 Å². The molecule has 0 aromatic heterocycles. The summed E-state index contributed by atoms with van der Waals surface area (Å²) >= 11 is 0. The van der Waals surface area contributed by atoms with Gasteiger partial charge in [0, 0.05) is 0 Å².